The normalized spacial score (nSPS) is 10.1. The quantitative estimate of drug-likeness (QED) is 0.617. The molecule has 0 heterocycles. The van der Waals surface area contributed by atoms with Crippen molar-refractivity contribution < 1.29 is 0 Å². The molecule has 0 aliphatic carbocycles. The van der Waals surface area contributed by atoms with Crippen LogP contribution in [0.3, 0.4) is 0 Å². The highest BCUT2D eigenvalue weighted by Gasteiger charge is 1.95. The monoisotopic (exact) mass is 145 g/mol. The van der Waals surface area contributed by atoms with E-state index in [1.54, 1.807) is 0 Å². The molecule has 0 aliphatic heterocycles. The zero-order valence-corrected chi connectivity index (χ0v) is 5.69. The van der Waals surface area contributed by atoms with Gasteiger partial charge in [0.05, 0.1) is 18.2 Å². The van der Waals surface area contributed by atoms with Gasteiger partial charge in [0.2, 0.25) is 0 Å². The maximum atomic E-state index is 8.08. The van der Waals surface area contributed by atoms with Crippen LogP contribution in [0.2, 0.25) is 0 Å². The molecule has 9 heavy (non-hydrogen) atoms. The van der Waals surface area contributed by atoms with Crippen molar-refractivity contribution in [2.24, 2.45) is 5.73 Å². The van der Waals surface area contributed by atoms with Gasteiger partial charge in [-0.25, -0.2) is 0 Å². The number of hydrogen-bond acceptors (Lipinski definition) is 3. The van der Waals surface area contributed by atoms with E-state index in [1.165, 1.54) is 0 Å². The number of nitriles is 2. The average Bonchev–Trinajstić information content (AvgIpc) is 1.83. The first-order chi connectivity index (χ1) is 3.81. The second-order valence-corrected chi connectivity index (χ2v) is 1.43. The third kappa shape index (κ3) is 7.23. The molecule has 0 fully saturated rings. The summed E-state index contributed by atoms with van der Waals surface area (Å²) in [6.07, 6.45) is 0.849. The topological polar surface area (TPSA) is 73.6 Å². The van der Waals surface area contributed by atoms with Crippen LogP contribution in [0, 0.1) is 22.7 Å². The van der Waals surface area contributed by atoms with Crippen molar-refractivity contribution in [3.05, 3.63) is 0 Å². The van der Waals surface area contributed by atoms with E-state index in [0.29, 0.717) is 12.8 Å². The highest BCUT2D eigenvalue weighted by molar-refractivity contribution is 5.85. The fraction of sp³-hybridized carbons (Fsp3) is 0.600. The standard InChI is InChI=1S/C5H7N3.ClH/c6-3-1-2-5(8)4-7;/h5H,1-2,8H2;1H. The lowest BCUT2D eigenvalue weighted by atomic mass is 10.2. The zero-order chi connectivity index (χ0) is 6.41. The number of halogens is 1. The molecular weight excluding hydrogens is 138 g/mol. The van der Waals surface area contributed by atoms with Crippen LogP contribution in [0.1, 0.15) is 12.8 Å². The Labute approximate surface area is 60.5 Å². The maximum Gasteiger partial charge on any atom is 0.0937 e. The van der Waals surface area contributed by atoms with Crippen LogP contribution in [-0.2, 0) is 0 Å². The van der Waals surface area contributed by atoms with Crippen molar-refractivity contribution in [1.82, 2.24) is 0 Å². The Bertz CT molecular complexity index is 132. The molecule has 0 saturated heterocycles. The molecule has 0 aliphatic rings. The second-order valence-electron chi connectivity index (χ2n) is 1.43. The van der Waals surface area contributed by atoms with Crippen LogP contribution in [-0.4, -0.2) is 6.04 Å². The largest absolute Gasteiger partial charge is 0.316 e. The van der Waals surface area contributed by atoms with E-state index >= 15 is 0 Å². The second kappa shape index (κ2) is 7.23. The van der Waals surface area contributed by atoms with E-state index in [-0.39, 0.29) is 12.4 Å². The summed E-state index contributed by atoms with van der Waals surface area (Å²) in [6.45, 7) is 0. The smallest absolute Gasteiger partial charge is 0.0937 e. The number of hydrogen-bond donors (Lipinski definition) is 1. The number of rotatable bonds is 2. The van der Waals surface area contributed by atoms with Gasteiger partial charge in [-0.2, -0.15) is 10.5 Å². The van der Waals surface area contributed by atoms with Gasteiger partial charge < -0.3 is 5.73 Å². The molecule has 1 unspecified atom stereocenters. The molecule has 0 aromatic carbocycles. The molecule has 0 rings (SSSR count). The van der Waals surface area contributed by atoms with Crippen molar-refractivity contribution in [2.45, 2.75) is 18.9 Å². The number of nitrogens with two attached hydrogens (primary N) is 1. The minimum atomic E-state index is -0.463. The van der Waals surface area contributed by atoms with Gasteiger partial charge in [-0.05, 0) is 6.42 Å². The van der Waals surface area contributed by atoms with Gasteiger partial charge in [0.25, 0.3) is 0 Å². The number of nitrogens with zero attached hydrogens (tertiary/aromatic N) is 2. The van der Waals surface area contributed by atoms with Crippen molar-refractivity contribution in [2.75, 3.05) is 0 Å². The predicted molar refractivity (Wildman–Crippen MR) is 35.7 cm³/mol. The zero-order valence-electron chi connectivity index (χ0n) is 4.87. The van der Waals surface area contributed by atoms with Gasteiger partial charge in [0.15, 0.2) is 0 Å². The third-order valence-electron chi connectivity index (χ3n) is 0.733. The Morgan fingerprint density at radius 2 is 2.00 bits per heavy atom. The summed E-state index contributed by atoms with van der Waals surface area (Å²) in [5.41, 5.74) is 5.15. The molecule has 0 aromatic heterocycles. The van der Waals surface area contributed by atoms with E-state index in [1.807, 2.05) is 12.1 Å². The van der Waals surface area contributed by atoms with E-state index in [9.17, 15) is 0 Å². The van der Waals surface area contributed by atoms with Gasteiger partial charge in [0, 0.05) is 6.42 Å². The first-order valence-electron chi connectivity index (χ1n) is 2.33. The third-order valence-corrected chi connectivity index (χ3v) is 0.733. The summed E-state index contributed by atoms with van der Waals surface area (Å²) in [5, 5.41) is 16.1. The first kappa shape index (κ1) is 11.1. The van der Waals surface area contributed by atoms with Crippen LogP contribution in [0.4, 0.5) is 0 Å². The van der Waals surface area contributed by atoms with Gasteiger partial charge in [-0.1, -0.05) is 0 Å². The minimum Gasteiger partial charge on any atom is -0.316 e. The lowest BCUT2D eigenvalue weighted by Gasteiger charge is -1.92. The minimum absolute atomic E-state index is 0. The maximum absolute atomic E-state index is 8.08. The lowest BCUT2D eigenvalue weighted by Crippen LogP contribution is -2.16. The Hall–Kier alpha value is -0.770. The Morgan fingerprint density at radius 1 is 1.44 bits per heavy atom. The molecule has 3 nitrogen and oxygen atoms in total. The summed E-state index contributed by atoms with van der Waals surface area (Å²) in [7, 11) is 0. The van der Waals surface area contributed by atoms with Crippen molar-refractivity contribution in [3.8, 4) is 12.1 Å². The fourth-order valence-corrected chi connectivity index (χ4v) is 0.285. The Kier molecular flexibility index (Phi) is 8.90. The van der Waals surface area contributed by atoms with Crippen LogP contribution < -0.4 is 5.73 Å². The van der Waals surface area contributed by atoms with Crippen molar-refractivity contribution in [3.63, 3.8) is 0 Å². The molecule has 0 spiro atoms. The molecule has 0 aromatic rings. The Balaban J connectivity index is 0. The first-order valence-corrected chi connectivity index (χ1v) is 2.33. The lowest BCUT2D eigenvalue weighted by molar-refractivity contribution is 0.750. The average molecular weight is 146 g/mol. The van der Waals surface area contributed by atoms with Gasteiger partial charge in [-0.3, -0.25) is 0 Å². The molecule has 0 bridgehead atoms. The summed E-state index contributed by atoms with van der Waals surface area (Å²) < 4.78 is 0. The van der Waals surface area contributed by atoms with E-state index in [4.69, 9.17) is 16.3 Å². The predicted octanol–water partition coefficient (Wildman–Crippen LogP) is 0.563. The highest BCUT2D eigenvalue weighted by atomic mass is 35.5. The highest BCUT2D eigenvalue weighted by Crippen LogP contribution is 1.88. The molecule has 0 radical (unpaired) electrons. The van der Waals surface area contributed by atoms with E-state index < -0.39 is 6.04 Å². The summed E-state index contributed by atoms with van der Waals surface area (Å²) in [4.78, 5) is 0. The molecule has 4 heteroatoms. The van der Waals surface area contributed by atoms with Crippen molar-refractivity contribution >= 4 is 12.4 Å². The van der Waals surface area contributed by atoms with Crippen molar-refractivity contribution in [1.29, 1.82) is 10.5 Å². The molecular formula is C5H8ClN3. The molecule has 1 atom stereocenters. The van der Waals surface area contributed by atoms with Crippen LogP contribution in [0.25, 0.3) is 0 Å². The van der Waals surface area contributed by atoms with Crippen LogP contribution in [0.5, 0.6) is 0 Å². The summed E-state index contributed by atoms with van der Waals surface area (Å²) in [5.74, 6) is 0. The van der Waals surface area contributed by atoms with E-state index in [0.717, 1.165) is 0 Å². The summed E-state index contributed by atoms with van der Waals surface area (Å²) >= 11 is 0. The molecule has 0 saturated carbocycles. The van der Waals surface area contributed by atoms with Gasteiger partial charge in [0.1, 0.15) is 0 Å². The van der Waals surface area contributed by atoms with Crippen LogP contribution in [0.15, 0.2) is 0 Å². The molecule has 2 N–H and O–H groups in total. The van der Waals surface area contributed by atoms with E-state index in [2.05, 4.69) is 0 Å². The molecule has 0 amide bonds. The fourth-order valence-electron chi connectivity index (χ4n) is 0.285. The van der Waals surface area contributed by atoms with Crippen LogP contribution >= 0.6 is 12.4 Å². The van der Waals surface area contributed by atoms with Gasteiger partial charge >= 0.3 is 0 Å². The SMILES string of the molecule is Cl.N#CCCC(N)C#N. The summed E-state index contributed by atoms with van der Waals surface area (Å²) in [6, 6.07) is 3.26. The van der Waals surface area contributed by atoms with Gasteiger partial charge in [-0.15, -0.1) is 12.4 Å². The molecule has 50 valence electrons. The Morgan fingerprint density at radius 3 is 2.33 bits per heavy atom.